The lowest BCUT2D eigenvalue weighted by atomic mass is 10.1. The maximum atomic E-state index is 5.27. The smallest absolute Gasteiger partial charge is 0.0701 e. The number of methoxy groups -OCH3 is 1. The third kappa shape index (κ3) is 4.95. The molecule has 1 heterocycles. The van der Waals surface area contributed by atoms with E-state index in [1.807, 2.05) is 18.4 Å². The average Bonchev–Trinajstić information content (AvgIpc) is 2.69. The molecule has 0 aromatic carbocycles. The first-order valence-corrected chi connectivity index (χ1v) is 7.21. The summed E-state index contributed by atoms with van der Waals surface area (Å²) in [6, 6.07) is 4.85. The fourth-order valence-corrected chi connectivity index (χ4v) is 3.17. The van der Waals surface area contributed by atoms with E-state index >= 15 is 0 Å². The second kappa shape index (κ2) is 7.43. The Labute approximate surface area is 111 Å². The van der Waals surface area contributed by atoms with E-state index in [2.05, 4.69) is 40.3 Å². The summed E-state index contributed by atoms with van der Waals surface area (Å²) < 4.78 is 6.48. The van der Waals surface area contributed by atoms with E-state index in [-0.39, 0.29) is 0 Å². The van der Waals surface area contributed by atoms with E-state index < -0.39 is 0 Å². The maximum Gasteiger partial charge on any atom is 0.0701 e. The molecule has 0 saturated heterocycles. The number of rotatable bonds is 7. The number of thiophene rings is 1. The van der Waals surface area contributed by atoms with Gasteiger partial charge in [0, 0.05) is 18.0 Å². The highest BCUT2D eigenvalue weighted by Crippen LogP contribution is 2.23. The van der Waals surface area contributed by atoms with Crippen LogP contribution in [0.5, 0.6) is 0 Å². The molecule has 0 saturated carbocycles. The molecule has 2 atom stereocenters. The first-order valence-electron chi connectivity index (χ1n) is 5.60. The van der Waals surface area contributed by atoms with Crippen LogP contribution in [0.2, 0.25) is 0 Å². The highest BCUT2D eigenvalue weighted by molar-refractivity contribution is 9.11. The zero-order valence-corrected chi connectivity index (χ0v) is 12.5. The Hall–Kier alpha value is 0.1000. The minimum Gasteiger partial charge on any atom is -0.382 e. The molecule has 0 spiro atoms. The van der Waals surface area contributed by atoms with Crippen molar-refractivity contribution in [3.05, 3.63) is 20.8 Å². The molecule has 92 valence electrons. The summed E-state index contributed by atoms with van der Waals surface area (Å²) in [5.41, 5.74) is 0. The molecule has 2 unspecified atom stereocenters. The molecule has 16 heavy (non-hydrogen) atoms. The van der Waals surface area contributed by atoms with Gasteiger partial charge in [0.25, 0.3) is 0 Å². The van der Waals surface area contributed by atoms with E-state index in [0.29, 0.717) is 12.1 Å². The van der Waals surface area contributed by atoms with Gasteiger partial charge in [0.15, 0.2) is 0 Å². The van der Waals surface area contributed by atoms with Gasteiger partial charge in [-0.1, -0.05) is 0 Å². The predicted octanol–water partition coefficient (Wildman–Crippen LogP) is 3.46. The summed E-state index contributed by atoms with van der Waals surface area (Å²) in [6.45, 7) is 2.12. The molecule has 1 N–H and O–H groups in total. The summed E-state index contributed by atoms with van der Waals surface area (Å²) in [5.74, 6) is 0. The summed E-state index contributed by atoms with van der Waals surface area (Å²) in [5, 5.41) is 3.38. The number of ether oxygens (including phenoxy) is 1. The van der Waals surface area contributed by atoms with Crippen LogP contribution < -0.4 is 5.32 Å². The third-order valence-electron chi connectivity index (χ3n) is 2.81. The van der Waals surface area contributed by atoms with Crippen LogP contribution in [0, 0.1) is 0 Å². The lowest BCUT2D eigenvalue weighted by molar-refractivity contribution is 0.106. The van der Waals surface area contributed by atoms with Crippen LogP contribution in [0.4, 0.5) is 0 Å². The normalized spacial score (nSPS) is 15.0. The number of hydrogen-bond donors (Lipinski definition) is 1. The summed E-state index contributed by atoms with van der Waals surface area (Å²) in [6.07, 6.45) is 3.71. The van der Waals surface area contributed by atoms with Crippen LogP contribution in [0.1, 0.15) is 24.6 Å². The van der Waals surface area contributed by atoms with Crippen molar-refractivity contribution in [2.45, 2.75) is 38.3 Å². The van der Waals surface area contributed by atoms with Crippen molar-refractivity contribution >= 4 is 27.3 Å². The fourth-order valence-electron chi connectivity index (χ4n) is 1.61. The van der Waals surface area contributed by atoms with Gasteiger partial charge in [-0.3, -0.25) is 0 Å². The lowest BCUT2D eigenvalue weighted by Crippen LogP contribution is -2.28. The third-order valence-corrected chi connectivity index (χ3v) is 4.45. The summed E-state index contributed by atoms with van der Waals surface area (Å²) >= 11 is 5.31. The quantitative estimate of drug-likeness (QED) is 0.833. The van der Waals surface area contributed by atoms with E-state index in [1.165, 1.54) is 8.66 Å². The standard InChI is InChI=1S/C12H20BrNOS/c1-9(15-3)4-5-10(14-2)8-11-6-7-12(13)16-11/h6-7,9-10,14H,4-5,8H2,1-3H3. The van der Waals surface area contributed by atoms with Gasteiger partial charge in [0.05, 0.1) is 9.89 Å². The largest absolute Gasteiger partial charge is 0.382 e. The molecule has 2 nitrogen and oxygen atoms in total. The van der Waals surface area contributed by atoms with Crippen molar-refractivity contribution in [1.29, 1.82) is 0 Å². The first-order chi connectivity index (χ1) is 7.65. The summed E-state index contributed by atoms with van der Waals surface area (Å²) in [4.78, 5) is 1.43. The molecule has 0 aliphatic rings. The average molecular weight is 306 g/mol. The molecule has 0 radical (unpaired) electrons. The minimum absolute atomic E-state index is 0.353. The lowest BCUT2D eigenvalue weighted by Gasteiger charge is -2.17. The van der Waals surface area contributed by atoms with Gasteiger partial charge < -0.3 is 10.1 Å². The van der Waals surface area contributed by atoms with Gasteiger partial charge in [-0.25, -0.2) is 0 Å². The second-order valence-electron chi connectivity index (χ2n) is 4.02. The van der Waals surface area contributed by atoms with Crippen LogP contribution in [0.25, 0.3) is 0 Å². The Morgan fingerprint density at radius 1 is 1.44 bits per heavy atom. The molecule has 0 aliphatic carbocycles. The minimum atomic E-state index is 0.353. The Kier molecular flexibility index (Phi) is 6.58. The van der Waals surface area contributed by atoms with Gasteiger partial charge in [-0.05, 0) is 61.3 Å². The van der Waals surface area contributed by atoms with Crippen LogP contribution >= 0.6 is 27.3 Å². The number of hydrogen-bond acceptors (Lipinski definition) is 3. The highest BCUT2D eigenvalue weighted by Gasteiger charge is 2.10. The molecule has 0 fully saturated rings. The van der Waals surface area contributed by atoms with E-state index in [4.69, 9.17) is 4.74 Å². The van der Waals surface area contributed by atoms with Gasteiger partial charge >= 0.3 is 0 Å². The number of nitrogens with one attached hydrogen (secondary N) is 1. The van der Waals surface area contributed by atoms with E-state index in [0.717, 1.165) is 19.3 Å². The first kappa shape index (κ1) is 14.2. The maximum absolute atomic E-state index is 5.27. The van der Waals surface area contributed by atoms with Gasteiger partial charge in [-0.2, -0.15) is 0 Å². The van der Waals surface area contributed by atoms with Crippen molar-refractivity contribution in [2.75, 3.05) is 14.2 Å². The Bertz CT molecular complexity index is 303. The Balaban J connectivity index is 2.37. The summed E-state index contributed by atoms with van der Waals surface area (Å²) in [7, 11) is 3.81. The van der Waals surface area contributed by atoms with Crippen LogP contribution in [-0.4, -0.2) is 26.3 Å². The van der Waals surface area contributed by atoms with Crippen molar-refractivity contribution in [1.82, 2.24) is 5.32 Å². The van der Waals surface area contributed by atoms with Crippen LogP contribution in [0.15, 0.2) is 15.9 Å². The zero-order chi connectivity index (χ0) is 12.0. The van der Waals surface area contributed by atoms with Crippen molar-refractivity contribution < 1.29 is 4.74 Å². The molecule has 0 bridgehead atoms. The van der Waals surface area contributed by atoms with Crippen LogP contribution in [-0.2, 0) is 11.2 Å². The van der Waals surface area contributed by atoms with Crippen molar-refractivity contribution in [3.8, 4) is 0 Å². The highest BCUT2D eigenvalue weighted by atomic mass is 79.9. The van der Waals surface area contributed by atoms with Gasteiger partial charge in [0.2, 0.25) is 0 Å². The van der Waals surface area contributed by atoms with Gasteiger partial charge in [0.1, 0.15) is 0 Å². The zero-order valence-electron chi connectivity index (χ0n) is 10.1. The second-order valence-corrected chi connectivity index (χ2v) is 6.57. The molecule has 1 aromatic rings. The number of halogens is 1. The molecular weight excluding hydrogens is 286 g/mol. The number of likely N-dealkylation sites (N-methyl/N-ethyl adjacent to an activating group) is 1. The van der Waals surface area contributed by atoms with Crippen molar-refractivity contribution in [3.63, 3.8) is 0 Å². The topological polar surface area (TPSA) is 21.3 Å². The van der Waals surface area contributed by atoms with E-state index in [9.17, 15) is 0 Å². The molecule has 1 aromatic heterocycles. The fraction of sp³-hybridized carbons (Fsp3) is 0.667. The molecule has 4 heteroatoms. The Morgan fingerprint density at radius 3 is 2.69 bits per heavy atom. The Morgan fingerprint density at radius 2 is 2.19 bits per heavy atom. The van der Waals surface area contributed by atoms with Crippen LogP contribution in [0.3, 0.4) is 0 Å². The van der Waals surface area contributed by atoms with Crippen molar-refractivity contribution in [2.24, 2.45) is 0 Å². The predicted molar refractivity (Wildman–Crippen MR) is 74.3 cm³/mol. The molecule has 0 amide bonds. The van der Waals surface area contributed by atoms with E-state index in [1.54, 1.807) is 7.11 Å². The SMILES string of the molecule is CNC(CCC(C)OC)Cc1ccc(Br)s1. The molecule has 0 aliphatic heterocycles. The monoisotopic (exact) mass is 305 g/mol. The molecule has 1 rings (SSSR count). The van der Waals surface area contributed by atoms with Gasteiger partial charge in [-0.15, -0.1) is 11.3 Å². The molecular formula is C12H20BrNOS.